The van der Waals surface area contributed by atoms with E-state index >= 15 is 0 Å². The molecule has 3 rings (SSSR count). The van der Waals surface area contributed by atoms with E-state index in [1.54, 1.807) is 4.31 Å². The van der Waals surface area contributed by atoms with Gasteiger partial charge in [0.15, 0.2) is 0 Å². The number of nitrogens with zero attached hydrogens (tertiary/aromatic N) is 1. The normalized spacial score (nSPS) is 28.6. The number of benzene rings is 1. The highest BCUT2D eigenvalue weighted by atomic mass is 32.2. The van der Waals surface area contributed by atoms with Gasteiger partial charge >= 0.3 is 0 Å². The summed E-state index contributed by atoms with van der Waals surface area (Å²) in [4.78, 5) is 0.476. The zero-order chi connectivity index (χ0) is 17.7. The third-order valence-electron chi connectivity index (χ3n) is 6.33. The second-order valence-corrected chi connectivity index (χ2v) is 9.68. The first-order chi connectivity index (χ1) is 11.2. The number of hydrogen-bond acceptors (Lipinski definition) is 3. The van der Waals surface area contributed by atoms with Crippen LogP contribution in [-0.2, 0) is 10.0 Å². The van der Waals surface area contributed by atoms with Crippen molar-refractivity contribution in [1.82, 2.24) is 4.31 Å². The van der Waals surface area contributed by atoms with Gasteiger partial charge in [0, 0.05) is 18.5 Å². The minimum Gasteiger partial charge on any atom is -0.392 e. The molecule has 1 N–H and O–H groups in total. The van der Waals surface area contributed by atoms with Gasteiger partial charge in [-0.05, 0) is 75.6 Å². The monoisotopic (exact) mass is 351 g/mol. The fourth-order valence-corrected chi connectivity index (χ4v) is 6.77. The van der Waals surface area contributed by atoms with Gasteiger partial charge in [0.25, 0.3) is 0 Å². The predicted molar refractivity (Wildman–Crippen MR) is 95.7 cm³/mol. The molecule has 1 aliphatic heterocycles. The fourth-order valence-electron chi connectivity index (χ4n) is 4.61. The maximum atomic E-state index is 13.4. The minimum absolute atomic E-state index is 0.230. The molecule has 1 aromatic rings. The van der Waals surface area contributed by atoms with E-state index in [0.29, 0.717) is 18.0 Å². The summed E-state index contributed by atoms with van der Waals surface area (Å²) in [5.41, 5.74) is 3.51. The largest absolute Gasteiger partial charge is 0.392 e. The highest BCUT2D eigenvalue weighted by molar-refractivity contribution is 7.89. The lowest BCUT2D eigenvalue weighted by Crippen LogP contribution is -2.49. The summed E-state index contributed by atoms with van der Waals surface area (Å²) in [6.07, 6.45) is 4.14. The molecule has 5 heteroatoms. The Kier molecular flexibility index (Phi) is 4.56. The Balaban J connectivity index is 2.03. The van der Waals surface area contributed by atoms with Gasteiger partial charge < -0.3 is 5.11 Å². The molecule has 1 spiro atoms. The molecule has 2 aliphatic rings. The zero-order valence-electron chi connectivity index (χ0n) is 15.2. The van der Waals surface area contributed by atoms with Crippen molar-refractivity contribution in [3.63, 3.8) is 0 Å². The van der Waals surface area contributed by atoms with Gasteiger partial charge in [0.05, 0.1) is 11.0 Å². The average Bonchev–Trinajstić information content (AvgIpc) is 2.86. The van der Waals surface area contributed by atoms with Crippen molar-refractivity contribution in [2.75, 3.05) is 13.1 Å². The quantitative estimate of drug-likeness (QED) is 0.890. The van der Waals surface area contributed by atoms with Crippen LogP contribution in [0.25, 0.3) is 0 Å². The Morgan fingerprint density at radius 3 is 2.21 bits per heavy atom. The molecule has 1 saturated heterocycles. The van der Waals surface area contributed by atoms with E-state index in [-0.39, 0.29) is 11.5 Å². The van der Waals surface area contributed by atoms with Crippen molar-refractivity contribution >= 4 is 10.0 Å². The number of aryl methyl sites for hydroxylation is 2. The van der Waals surface area contributed by atoms with E-state index in [9.17, 15) is 13.5 Å². The molecule has 2 fully saturated rings. The van der Waals surface area contributed by atoms with Crippen LogP contribution >= 0.6 is 0 Å². The number of rotatable bonds is 2. The summed E-state index contributed by atoms with van der Waals surface area (Å²) in [6.45, 7) is 8.76. The maximum absolute atomic E-state index is 13.4. The van der Waals surface area contributed by atoms with Gasteiger partial charge in [-0.3, -0.25) is 0 Å². The first-order valence-corrected chi connectivity index (χ1v) is 10.4. The topological polar surface area (TPSA) is 57.6 Å². The second-order valence-electron chi connectivity index (χ2n) is 7.80. The first kappa shape index (κ1) is 17.9. The molecule has 134 valence electrons. The van der Waals surface area contributed by atoms with E-state index in [2.05, 4.69) is 6.07 Å². The first-order valence-electron chi connectivity index (χ1n) is 8.95. The molecule has 1 aromatic carbocycles. The molecule has 2 atom stereocenters. The van der Waals surface area contributed by atoms with E-state index in [0.717, 1.165) is 54.4 Å². The third kappa shape index (κ3) is 2.71. The fraction of sp³-hybridized carbons (Fsp3) is 0.684. The number of aliphatic hydroxyl groups is 1. The highest BCUT2D eigenvalue weighted by Gasteiger charge is 2.47. The Hall–Kier alpha value is -0.910. The molecule has 0 aromatic heterocycles. The summed E-state index contributed by atoms with van der Waals surface area (Å²) in [7, 11) is -3.53. The number of sulfonamides is 1. The van der Waals surface area contributed by atoms with Crippen molar-refractivity contribution in [1.29, 1.82) is 0 Å². The van der Waals surface area contributed by atoms with Crippen LogP contribution in [0.4, 0.5) is 0 Å². The smallest absolute Gasteiger partial charge is 0.243 e. The lowest BCUT2D eigenvalue weighted by atomic mass is 9.77. The molecule has 1 heterocycles. The average molecular weight is 352 g/mol. The molecule has 0 amide bonds. The number of aliphatic hydroxyl groups excluding tert-OH is 1. The molecule has 1 aliphatic carbocycles. The maximum Gasteiger partial charge on any atom is 0.243 e. The van der Waals surface area contributed by atoms with Crippen molar-refractivity contribution in [2.24, 2.45) is 5.41 Å². The van der Waals surface area contributed by atoms with Crippen LogP contribution in [0.15, 0.2) is 11.0 Å². The molecule has 1 saturated carbocycles. The van der Waals surface area contributed by atoms with Gasteiger partial charge in [0.1, 0.15) is 0 Å². The Labute approximate surface area is 145 Å². The number of hydrogen-bond donors (Lipinski definition) is 1. The van der Waals surface area contributed by atoms with Crippen LogP contribution in [0, 0.1) is 33.1 Å². The van der Waals surface area contributed by atoms with E-state index in [1.165, 1.54) is 0 Å². The van der Waals surface area contributed by atoms with Gasteiger partial charge in [-0.2, -0.15) is 4.31 Å². The van der Waals surface area contributed by atoms with Crippen LogP contribution < -0.4 is 0 Å². The van der Waals surface area contributed by atoms with E-state index < -0.39 is 10.0 Å². The van der Waals surface area contributed by atoms with Gasteiger partial charge in [-0.25, -0.2) is 8.42 Å². The Bertz CT molecular complexity index is 730. The highest BCUT2D eigenvalue weighted by Crippen LogP contribution is 2.46. The molecular formula is C19H29NO3S. The lowest BCUT2D eigenvalue weighted by Gasteiger charge is -2.42. The summed E-state index contributed by atoms with van der Waals surface area (Å²) < 4.78 is 28.5. The minimum atomic E-state index is -3.53. The Morgan fingerprint density at radius 2 is 1.67 bits per heavy atom. The SMILES string of the molecule is Cc1cc(C)c(C)c(S(=O)(=O)N2CCC[C@]3(CCC[C@H]3O)C2)c1C. The van der Waals surface area contributed by atoms with Crippen LogP contribution in [0.2, 0.25) is 0 Å². The van der Waals surface area contributed by atoms with Gasteiger partial charge in [0.2, 0.25) is 10.0 Å². The van der Waals surface area contributed by atoms with E-state index in [4.69, 9.17) is 0 Å². The lowest BCUT2D eigenvalue weighted by molar-refractivity contribution is 0.0127. The molecule has 0 unspecified atom stereocenters. The van der Waals surface area contributed by atoms with Crippen LogP contribution in [0.5, 0.6) is 0 Å². The van der Waals surface area contributed by atoms with Crippen molar-refractivity contribution in [2.45, 2.75) is 70.8 Å². The standard InChI is InChI=1S/C19H29NO3S/c1-13-11-14(2)16(4)18(15(13)3)24(22,23)20-10-6-9-19(12-20)8-5-7-17(19)21/h11,17,21H,5-10,12H2,1-4H3/t17-,19-/m1/s1. The van der Waals surface area contributed by atoms with Crippen LogP contribution in [-0.4, -0.2) is 37.0 Å². The summed E-state index contributed by atoms with van der Waals surface area (Å²) in [6, 6.07) is 2.06. The molecule has 0 radical (unpaired) electrons. The summed E-state index contributed by atoms with van der Waals surface area (Å²) in [5, 5.41) is 10.4. The molecular weight excluding hydrogens is 322 g/mol. The van der Waals surface area contributed by atoms with Crippen LogP contribution in [0.3, 0.4) is 0 Å². The predicted octanol–water partition coefficient (Wildman–Crippen LogP) is 3.24. The number of piperidine rings is 1. The summed E-state index contributed by atoms with van der Waals surface area (Å²) >= 11 is 0. The molecule has 24 heavy (non-hydrogen) atoms. The van der Waals surface area contributed by atoms with Crippen molar-refractivity contribution in [3.05, 3.63) is 28.3 Å². The summed E-state index contributed by atoms with van der Waals surface area (Å²) in [5.74, 6) is 0. The van der Waals surface area contributed by atoms with Crippen molar-refractivity contribution < 1.29 is 13.5 Å². The van der Waals surface area contributed by atoms with Crippen molar-refractivity contribution in [3.8, 4) is 0 Å². The Morgan fingerprint density at radius 1 is 1.08 bits per heavy atom. The zero-order valence-corrected chi connectivity index (χ0v) is 16.0. The third-order valence-corrected chi connectivity index (χ3v) is 8.45. The molecule has 4 nitrogen and oxygen atoms in total. The van der Waals surface area contributed by atoms with Crippen LogP contribution in [0.1, 0.15) is 54.4 Å². The van der Waals surface area contributed by atoms with Gasteiger partial charge in [-0.1, -0.05) is 12.5 Å². The van der Waals surface area contributed by atoms with Gasteiger partial charge in [-0.15, -0.1) is 0 Å². The molecule has 0 bridgehead atoms. The second kappa shape index (κ2) is 6.11. The van der Waals surface area contributed by atoms with E-state index in [1.807, 2.05) is 27.7 Å².